The van der Waals surface area contributed by atoms with E-state index in [0.717, 1.165) is 36.6 Å². The molecule has 1 rings (SSSR count). The Balaban J connectivity index is 2.77. The standard InChI is InChI=1S/C22H40N4O2S/c1-9-25(10-2)11-12-26(20(28)13-16(3)14-22(6,7)8)15-19(27)24-21-23-17(4)18(5)29-21/h16H,9-15H2,1-8H3,(H,23,24,27). The molecule has 6 nitrogen and oxygen atoms in total. The molecule has 0 fully saturated rings. The molecule has 29 heavy (non-hydrogen) atoms. The number of hydrogen-bond donors (Lipinski definition) is 1. The van der Waals surface area contributed by atoms with Crippen molar-refractivity contribution in [2.45, 2.75) is 68.2 Å². The number of amides is 2. The van der Waals surface area contributed by atoms with Crippen molar-refractivity contribution in [3.05, 3.63) is 10.6 Å². The second-order valence-corrected chi connectivity index (χ2v) is 10.3. The van der Waals surface area contributed by atoms with E-state index >= 15 is 0 Å². The molecule has 0 saturated heterocycles. The lowest BCUT2D eigenvalue weighted by molar-refractivity contribution is -0.135. The summed E-state index contributed by atoms with van der Waals surface area (Å²) in [6.07, 6.45) is 1.45. The van der Waals surface area contributed by atoms with Crippen LogP contribution >= 0.6 is 11.3 Å². The molecular weight excluding hydrogens is 384 g/mol. The molecule has 1 heterocycles. The van der Waals surface area contributed by atoms with Crippen molar-refractivity contribution in [2.24, 2.45) is 11.3 Å². The van der Waals surface area contributed by atoms with Crippen LogP contribution in [0.5, 0.6) is 0 Å². The summed E-state index contributed by atoms with van der Waals surface area (Å²) < 4.78 is 0. The summed E-state index contributed by atoms with van der Waals surface area (Å²) in [5, 5.41) is 3.46. The topological polar surface area (TPSA) is 65.5 Å². The highest BCUT2D eigenvalue weighted by molar-refractivity contribution is 7.15. The fourth-order valence-corrected chi connectivity index (χ4v) is 4.33. The maximum absolute atomic E-state index is 13.0. The molecular formula is C22H40N4O2S. The molecule has 0 aliphatic rings. The van der Waals surface area contributed by atoms with E-state index in [9.17, 15) is 9.59 Å². The molecule has 0 aliphatic heterocycles. The van der Waals surface area contributed by atoms with Crippen LogP contribution in [0.1, 0.15) is 65.0 Å². The van der Waals surface area contributed by atoms with Crippen molar-refractivity contribution in [3.8, 4) is 0 Å². The lowest BCUT2D eigenvalue weighted by atomic mass is 9.84. The Hall–Kier alpha value is -1.47. The molecule has 0 radical (unpaired) electrons. The lowest BCUT2D eigenvalue weighted by Crippen LogP contribution is -2.43. The number of anilines is 1. The summed E-state index contributed by atoms with van der Waals surface area (Å²) in [6.45, 7) is 20.1. The summed E-state index contributed by atoms with van der Waals surface area (Å²) in [5.41, 5.74) is 1.11. The molecule has 1 aromatic heterocycles. The van der Waals surface area contributed by atoms with E-state index in [-0.39, 0.29) is 29.7 Å². The second-order valence-electron chi connectivity index (χ2n) is 9.13. The van der Waals surface area contributed by atoms with Crippen molar-refractivity contribution in [3.63, 3.8) is 0 Å². The lowest BCUT2D eigenvalue weighted by Gasteiger charge is -2.28. The van der Waals surface area contributed by atoms with Gasteiger partial charge in [-0.05, 0) is 44.7 Å². The third-order valence-corrected chi connectivity index (χ3v) is 6.01. The normalized spacial score (nSPS) is 12.9. The number of rotatable bonds is 11. The Labute approximate surface area is 181 Å². The summed E-state index contributed by atoms with van der Waals surface area (Å²) in [5.74, 6) is 0.149. The Kier molecular flexibility index (Phi) is 10.3. The number of nitrogens with one attached hydrogen (secondary N) is 1. The summed E-state index contributed by atoms with van der Waals surface area (Å²) in [4.78, 5) is 35.0. The average Bonchev–Trinajstić information content (AvgIpc) is 2.89. The van der Waals surface area contributed by atoms with Crippen LogP contribution in [-0.4, -0.2) is 59.3 Å². The third-order valence-electron chi connectivity index (χ3n) is 5.03. The molecule has 2 amide bonds. The van der Waals surface area contributed by atoms with E-state index in [1.165, 1.54) is 11.3 Å². The molecule has 1 N–H and O–H groups in total. The number of carbonyl (C=O) groups excluding carboxylic acids is 2. The van der Waals surface area contributed by atoms with Crippen molar-refractivity contribution in [1.29, 1.82) is 0 Å². The monoisotopic (exact) mass is 424 g/mol. The third kappa shape index (κ3) is 9.72. The molecule has 0 bridgehead atoms. The number of hydrogen-bond acceptors (Lipinski definition) is 5. The predicted octanol–water partition coefficient (Wildman–Crippen LogP) is 4.33. The summed E-state index contributed by atoms with van der Waals surface area (Å²) >= 11 is 1.47. The van der Waals surface area contributed by atoms with Crippen LogP contribution in [0.4, 0.5) is 5.13 Å². The number of thiazole rings is 1. The van der Waals surface area contributed by atoms with Gasteiger partial charge in [0.15, 0.2) is 5.13 Å². The van der Waals surface area contributed by atoms with Gasteiger partial charge in [0.25, 0.3) is 0 Å². The van der Waals surface area contributed by atoms with Gasteiger partial charge in [-0.3, -0.25) is 9.59 Å². The number of likely N-dealkylation sites (N-methyl/N-ethyl adjacent to an activating group) is 1. The molecule has 1 atom stereocenters. The van der Waals surface area contributed by atoms with E-state index in [2.05, 4.69) is 56.7 Å². The van der Waals surface area contributed by atoms with Gasteiger partial charge in [0.2, 0.25) is 11.8 Å². The van der Waals surface area contributed by atoms with E-state index in [0.29, 0.717) is 18.1 Å². The zero-order valence-electron chi connectivity index (χ0n) is 19.6. The SMILES string of the molecule is CCN(CC)CCN(CC(=O)Nc1nc(C)c(C)s1)C(=O)CC(C)CC(C)(C)C. The van der Waals surface area contributed by atoms with Crippen molar-refractivity contribution >= 4 is 28.3 Å². The maximum Gasteiger partial charge on any atom is 0.245 e. The second kappa shape index (κ2) is 11.6. The highest BCUT2D eigenvalue weighted by Crippen LogP contribution is 2.26. The van der Waals surface area contributed by atoms with Crippen LogP contribution in [0.25, 0.3) is 0 Å². The highest BCUT2D eigenvalue weighted by atomic mass is 32.1. The number of aromatic nitrogens is 1. The molecule has 0 aromatic carbocycles. The molecule has 0 saturated carbocycles. The van der Waals surface area contributed by atoms with Crippen LogP contribution < -0.4 is 5.32 Å². The van der Waals surface area contributed by atoms with Gasteiger partial charge in [-0.1, -0.05) is 41.5 Å². The molecule has 1 aromatic rings. The molecule has 1 unspecified atom stereocenters. The van der Waals surface area contributed by atoms with Gasteiger partial charge in [0.05, 0.1) is 12.2 Å². The van der Waals surface area contributed by atoms with Gasteiger partial charge >= 0.3 is 0 Å². The van der Waals surface area contributed by atoms with Gasteiger partial charge in [0, 0.05) is 24.4 Å². The van der Waals surface area contributed by atoms with Gasteiger partial charge in [-0.25, -0.2) is 4.98 Å². The van der Waals surface area contributed by atoms with E-state index in [1.54, 1.807) is 4.90 Å². The molecule has 0 aliphatic carbocycles. The first-order chi connectivity index (χ1) is 13.4. The van der Waals surface area contributed by atoms with Gasteiger partial charge in [-0.2, -0.15) is 0 Å². The fraction of sp³-hybridized carbons (Fsp3) is 0.773. The largest absolute Gasteiger partial charge is 0.332 e. The predicted molar refractivity (Wildman–Crippen MR) is 122 cm³/mol. The minimum Gasteiger partial charge on any atom is -0.332 e. The van der Waals surface area contributed by atoms with E-state index in [4.69, 9.17) is 0 Å². The Morgan fingerprint density at radius 1 is 1.14 bits per heavy atom. The quantitative estimate of drug-likeness (QED) is 0.574. The van der Waals surface area contributed by atoms with Crippen LogP contribution in [0.15, 0.2) is 0 Å². The minimum atomic E-state index is -0.185. The van der Waals surface area contributed by atoms with Crippen LogP contribution in [0, 0.1) is 25.2 Å². The number of aryl methyl sites for hydroxylation is 2. The summed E-state index contributed by atoms with van der Waals surface area (Å²) in [7, 11) is 0. The van der Waals surface area contributed by atoms with Crippen molar-refractivity contribution in [1.82, 2.24) is 14.8 Å². The van der Waals surface area contributed by atoms with Gasteiger partial charge in [-0.15, -0.1) is 11.3 Å². The zero-order valence-corrected chi connectivity index (χ0v) is 20.4. The van der Waals surface area contributed by atoms with Crippen LogP contribution in [-0.2, 0) is 9.59 Å². The molecule has 0 spiro atoms. The summed E-state index contributed by atoms with van der Waals surface area (Å²) in [6, 6.07) is 0. The fourth-order valence-electron chi connectivity index (χ4n) is 3.50. The first-order valence-electron chi connectivity index (χ1n) is 10.7. The van der Waals surface area contributed by atoms with Crippen molar-refractivity contribution < 1.29 is 9.59 Å². The highest BCUT2D eigenvalue weighted by Gasteiger charge is 2.23. The van der Waals surface area contributed by atoms with Crippen molar-refractivity contribution in [2.75, 3.05) is 38.0 Å². The van der Waals surface area contributed by atoms with Gasteiger partial charge in [0.1, 0.15) is 0 Å². The number of nitrogens with zero attached hydrogens (tertiary/aromatic N) is 3. The zero-order chi connectivity index (χ0) is 22.2. The Morgan fingerprint density at radius 3 is 2.24 bits per heavy atom. The average molecular weight is 425 g/mol. The first kappa shape index (κ1) is 25.6. The molecule has 166 valence electrons. The minimum absolute atomic E-state index is 0.0514. The van der Waals surface area contributed by atoms with E-state index in [1.807, 2.05) is 13.8 Å². The Morgan fingerprint density at radius 2 is 1.76 bits per heavy atom. The van der Waals surface area contributed by atoms with Crippen LogP contribution in [0.2, 0.25) is 0 Å². The van der Waals surface area contributed by atoms with Crippen LogP contribution in [0.3, 0.4) is 0 Å². The van der Waals surface area contributed by atoms with Gasteiger partial charge < -0.3 is 15.1 Å². The number of carbonyl (C=O) groups is 2. The smallest absolute Gasteiger partial charge is 0.245 e. The Bertz CT molecular complexity index is 643. The maximum atomic E-state index is 13.0. The molecule has 7 heteroatoms. The first-order valence-corrected chi connectivity index (χ1v) is 11.5. The van der Waals surface area contributed by atoms with E-state index < -0.39 is 0 Å².